The van der Waals surface area contributed by atoms with Crippen LogP contribution in [0.2, 0.25) is 0 Å². The number of nitrogens with zero attached hydrogens (tertiary/aromatic N) is 2. The first-order chi connectivity index (χ1) is 17.2. The van der Waals surface area contributed by atoms with E-state index in [-0.39, 0.29) is 11.6 Å². The van der Waals surface area contributed by atoms with E-state index in [0.717, 1.165) is 44.1 Å². The molecule has 5 nitrogen and oxygen atoms in total. The third-order valence-corrected chi connectivity index (χ3v) is 7.30. The zero-order valence-corrected chi connectivity index (χ0v) is 20.8. The standard InChI is InChI=1S/C29H33F2N3O2/c1-28(2,35)19-33-27(22-7-8-25(30)26(31)15-22)21-5-3-20(4-6-21)17-34-13-10-29(11-14-34)24-16-32-12-9-23(24)18-36-29/h3-9,12,15-16,27,33,35H,10-11,13-14,17-19H2,1-2H3. The summed E-state index contributed by atoms with van der Waals surface area (Å²) in [6, 6.07) is 13.8. The Hall–Kier alpha value is -2.71. The van der Waals surface area contributed by atoms with Crippen molar-refractivity contribution in [1.29, 1.82) is 0 Å². The van der Waals surface area contributed by atoms with Crippen LogP contribution >= 0.6 is 0 Å². The number of piperidine rings is 1. The van der Waals surface area contributed by atoms with Gasteiger partial charge in [0.1, 0.15) is 0 Å². The largest absolute Gasteiger partial charge is 0.389 e. The van der Waals surface area contributed by atoms with Crippen LogP contribution in [0, 0.1) is 11.6 Å². The third kappa shape index (κ3) is 5.34. The number of nitrogens with one attached hydrogen (secondary N) is 1. The second-order valence-electron chi connectivity index (χ2n) is 10.6. The van der Waals surface area contributed by atoms with Crippen molar-refractivity contribution in [2.75, 3.05) is 19.6 Å². The Morgan fingerprint density at radius 1 is 1.06 bits per heavy atom. The number of halogens is 2. The monoisotopic (exact) mass is 493 g/mol. The Morgan fingerprint density at radius 2 is 1.78 bits per heavy atom. The molecule has 2 aromatic carbocycles. The lowest BCUT2D eigenvalue weighted by Gasteiger charge is -2.39. The number of pyridine rings is 1. The molecule has 36 heavy (non-hydrogen) atoms. The molecule has 3 heterocycles. The molecule has 2 aliphatic rings. The molecule has 2 aliphatic heterocycles. The smallest absolute Gasteiger partial charge is 0.159 e. The van der Waals surface area contributed by atoms with Gasteiger partial charge in [-0.15, -0.1) is 0 Å². The summed E-state index contributed by atoms with van der Waals surface area (Å²) in [6.07, 6.45) is 5.69. The zero-order chi connectivity index (χ0) is 25.3. The lowest BCUT2D eigenvalue weighted by atomic mass is 9.84. The number of fused-ring (bicyclic) bond motifs is 2. The lowest BCUT2D eigenvalue weighted by molar-refractivity contribution is -0.0800. The Labute approximate surface area is 211 Å². The molecule has 0 amide bonds. The highest BCUT2D eigenvalue weighted by atomic mass is 19.2. The summed E-state index contributed by atoms with van der Waals surface area (Å²) in [4.78, 5) is 6.76. The maximum Gasteiger partial charge on any atom is 0.159 e. The van der Waals surface area contributed by atoms with Gasteiger partial charge >= 0.3 is 0 Å². The van der Waals surface area contributed by atoms with Gasteiger partial charge in [-0.2, -0.15) is 0 Å². The quantitative estimate of drug-likeness (QED) is 0.494. The third-order valence-electron chi connectivity index (χ3n) is 7.30. The minimum atomic E-state index is -0.942. The first kappa shape index (κ1) is 25.0. The number of ether oxygens (including phenoxy) is 1. The normalized spacial score (nSPS) is 18.4. The molecule has 1 saturated heterocycles. The number of aliphatic hydroxyl groups is 1. The molecule has 0 radical (unpaired) electrons. The van der Waals surface area contributed by atoms with Crippen molar-refractivity contribution in [2.45, 2.75) is 57.1 Å². The van der Waals surface area contributed by atoms with Crippen LogP contribution in [0.3, 0.4) is 0 Å². The highest BCUT2D eigenvalue weighted by molar-refractivity contribution is 5.35. The van der Waals surface area contributed by atoms with E-state index in [0.29, 0.717) is 18.7 Å². The van der Waals surface area contributed by atoms with Crippen LogP contribution < -0.4 is 5.32 Å². The van der Waals surface area contributed by atoms with Gasteiger partial charge in [0.15, 0.2) is 11.6 Å². The first-order valence-corrected chi connectivity index (χ1v) is 12.5. The van der Waals surface area contributed by atoms with Crippen LogP contribution in [-0.2, 0) is 23.5 Å². The van der Waals surface area contributed by atoms with Gasteiger partial charge in [-0.3, -0.25) is 9.88 Å². The van der Waals surface area contributed by atoms with Gasteiger partial charge in [0.2, 0.25) is 0 Å². The number of rotatable bonds is 7. The summed E-state index contributed by atoms with van der Waals surface area (Å²) in [5.74, 6) is -1.76. The maximum absolute atomic E-state index is 14.0. The number of hydrogen-bond acceptors (Lipinski definition) is 5. The summed E-state index contributed by atoms with van der Waals surface area (Å²) in [5.41, 5.74) is 4.08. The highest BCUT2D eigenvalue weighted by Gasteiger charge is 2.42. The fraction of sp³-hybridized carbons (Fsp3) is 0.414. The van der Waals surface area contributed by atoms with Gasteiger partial charge in [-0.25, -0.2) is 8.78 Å². The van der Waals surface area contributed by atoms with Crippen LogP contribution in [-0.4, -0.2) is 40.2 Å². The van der Waals surface area contributed by atoms with E-state index in [1.165, 1.54) is 22.8 Å². The second kappa shape index (κ2) is 9.98. The predicted molar refractivity (Wildman–Crippen MR) is 134 cm³/mol. The summed E-state index contributed by atoms with van der Waals surface area (Å²) < 4.78 is 33.8. The number of aromatic nitrogens is 1. The molecule has 7 heteroatoms. The molecule has 2 N–H and O–H groups in total. The molecule has 190 valence electrons. The molecule has 0 bridgehead atoms. The Morgan fingerprint density at radius 3 is 2.47 bits per heavy atom. The fourth-order valence-corrected chi connectivity index (χ4v) is 5.28. The number of benzene rings is 2. The van der Waals surface area contributed by atoms with Gasteiger partial charge in [0.25, 0.3) is 0 Å². The summed E-state index contributed by atoms with van der Waals surface area (Å²) >= 11 is 0. The molecule has 1 unspecified atom stereocenters. The average molecular weight is 494 g/mol. The minimum Gasteiger partial charge on any atom is -0.389 e. The van der Waals surface area contributed by atoms with Crippen molar-refractivity contribution < 1.29 is 18.6 Å². The Balaban J connectivity index is 1.26. The van der Waals surface area contributed by atoms with E-state index in [1.807, 2.05) is 24.5 Å². The van der Waals surface area contributed by atoms with Crippen LogP contribution in [0.25, 0.3) is 0 Å². The fourth-order valence-electron chi connectivity index (χ4n) is 5.28. The highest BCUT2D eigenvalue weighted by Crippen LogP contribution is 2.43. The molecule has 5 rings (SSSR count). The van der Waals surface area contributed by atoms with Gasteiger partial charge in [-0.05, 0) is 67.1 Å². The molecule has 1 fully saturated rings. The van der Waals surface area contributed by atoms with Crippen LogP contribution in [0.1, 0.15) is 60.5 Å². The Bertz CT molecular complexity index is 1200. The van der Waals surface area contributed by atoms with E-state index in [9.17, 15) is 13.9 Å². The average Bonchev–Trinajstić information content (AvgIpc) is 3.21. The summed E-state index contributed by atoms with van der Waals surface area (Å²) in [6.45, 7) is 7.11. The molecule has 1 spiro atoms. The molecule has 0 saturated carbocycles. The van der Waals surface area contributed by atoms with Crippen molar-refractivity contribution in [3.8, 4) is 0 Å². The van der Waals surface area contributed by atoms with Crippen LogP contribution in [0.15, 0.2) is 60.9 Å². The van der Waals surface area contributed by atoms with E-state index in [4.69, 9.17) is 4.74 Å². The van der Waals surface area contributed by atoms with E-state index < -0.39 is 17.2 Å². The maximum atomic E-state index is 14.0. The number of likely N-dealkylation sites (tertiary alicyclic amines) is 1. The lowest BCUT2D eigenvalue weighted by Crippen LogP contribution is -2.42. The van der Waals surface area contributed by atoms with Gasteiger partial charge in [0.05, 0.1) is 23.9 Å². The molecule has 1 atom stereocenters. The first-order valence-electron chi connectivity index (χ1n) is 12.5. The summed E-state index contributed by atoms with van der Waals surface area (Å²) in [7, 11) is 0. The van der Waals surface area contributed by atoms with E-state index in [2.05, 4.69) is 33.4 Å². The van der Waals surface area contributed by atoms with Crippen molar-refractivity contribution in [3.63, 3.8) is 0 Å². The predicted octanol–water partition coefficient (Wildman–Crippen LogP) is 4.83. The molecular weight excluding hydrogens is 460 g/mol. The van der Waals surface area contributed by atoms with Crippen molar-refractivity contribution in [1.82, 2.24) is 15.2 Å². The molecule has 3 aromatic rings. The van der Waals surface area contributed by atoms with Gasteiger partial charge < -0.3 is 15.2 Å². The summed E-state index contributed by atoms with van der Waals surface area (Å²) in [5, 5.41) is 13.5. The van der Waals surface area contributed by atoms with Crippen molar-refractivity contribution >= 4 is 0 Å². The molecule has 1 aromatic heterocycles. The zero-order valence-electron chi connectivity index (χ0n) is 20.8. The van der Waals surface area contributed by atoms with Crippen LogP contribution in [0.4, 0.5) is 8.78 Å². The topological polar surface area (TPSA) is 57.6 Å². The van der Waals surface area contributed by atoms with Crippen molar-refractivity contribution in [2.24, 2.45) is 0 Å². The SMILES string of the molecule is CC(C)(O)CNC(c1ccc(CN2CCC3(CC2)OCc2ccncc23)cc1)c1ccc(F)c(F)c1. The van der Waals surface area contributed by atoms with Crippen molar-refractivity contribution in [3.05, 3.63) is 100 Å². The van der Waals surface area contributed by atoms with Gasteiger partial charge in [-0.1, -0.05) is 30.3 Å². The van der Waals surface area contributed by atoms with Crippen LogP contribution in [0.5, 0.6) is 0 Å². The Kier molecular flexibility index (Phi) is 6.92. The van der Waals surface area contributed by atoms with E-state index in [1.54, 1.807) is 19.9 Å². The second-order valence-corrected chi connectivity index (χ2v) is 10.6. The molecular formula is C29H33F2N3O2. The van der Waals surface area contributed by atoms with Gasteiger partial charge in [0, 0.05) is 44.1 Å². The minimum absolute atomic E-state index is 0.201. The molecule has 0 aliphatic carbocycles. The number of hydrogen-bond donors (Lipinski definition) is 2. The van der Waals surface area contributed by atoms with E-state index >= 15 is 0 Å².